The van der Waals surface area contributed by atoms with Crippen LogP contribution in [0.15, 0.2) is 0 Å². The molecule has 1 amide bonds. The van der Waals surface area contributed by atoms with Crippen LogP contribution < -0.4 is 0 Å². The summed E-state index contributed by atoms with van der Waals surface area (Å²) >= 11 is 0. The molecule has 1 saturated carbocycles. The molecule has 1 aliphatic carbocycles. The Labute approximate surface area is 77.8 Å². The van der Waals surface area contributed by atoms with E-state index in [1.54, 1.807) is 4.90 Å². The lowest BCUT2D eigenvalue weighted by molar-refractivity contribution is -0.132. The second-order valence-corrected chi connectivity index (χ2v) is 6.06. The molecule has 2 fully saturated rings. The van der Waals surface area contributed by atoms with Gasteiger partial charge < -0.3 is 4.90 Å². The van der Waals surface area contributed by atoms with E-state index in [2.05, 4.69) is 0 Å². The topological polar surface area (TPSA) is 54.5 Å². The molecular weight excluding hydrogens is 190 g/mol. The Morgan fingerprint density at radius 2 is 1.69 bits per heavy atom. The number of nitrogens with zero attached hydrogens (tertiary/aromatic N) is 1. The number of sulfone groups is 1. The Balaban J connectivity index is 1.94. The summed E-state index contributed by atoms with van der Waals surface area (Å²) in [5.74, 6) is 0.660. The molecule has 74 valence electrons. The minimum atomic E-state index is -2.85. The Morgan fingerprint density at radius 1 is 1.15 bits per heavy atom. The molecule has 0 bridgehead atoms. The summed E-state index contributed by atoms with van der Waals surface area (Å²) in [7, 11) is -2.85. The van der Waals surface area contributed by atoms with Gasteiger partial charge in [0.05, 0.1) is 11.5 Å². The van der Waals surface area contributed by atoms with Crippen molar-refractivity contribution in [3.8, 4) is 0 Å². The van der Waals surface area contributed by atoms with E-state index in [1.807, 2.05) is 0 Å². The van der Waals surface area contributed by atoms with Gasteiger partial charge in [0, 0.05) is 19.0 Å². The average molecular weight is 203 g/mol. The predicted molar refractivity (Wildman–Crippen MR) is 48.0 cm³/mol. The van der Waals surface area contributed by atoms with Crippen molar-refractivity contribution in [1.29, 1.82) is 0 Å². The molecule has 1 saturated heterocycles. The van der Waals surface area contributed by atoms with Crippen molar-refractivity contribution in [2.24, 2.45) is 5.92 Å². The monoisotopic (exact) mass is 203 g/mol. The highest BCUT2D eigenvalue weighted by Gasteiger charge is 2.35. The van der Waals surface area contributed by atoms with E-state index < -0.39 is 9.84 Å². The molecule has 2 rings (SSSR count). The van der Waals surface area contributed by atoms with Gasteiger partial charge in [0.2, 0.25) is 5.91 Å². The lowest BCUT2D eigenvalue weighted by Gasteiger charge is -2.26. The summed E-state index contributed by atoms with van der Waals surface area (Å²) in [6.45, 7) is 0.801. The van der Waals surface area contributed by atoms with E-state index in [4.69, 9.17) is 0 Å². The van der Waals surface area contributed by atoms with Crippen LogP contribution in [0.25, 0.3) is 0 Å². The highest BCUT2D eigenvalue weighted by atomic mass is 32.2. The van der Waals surface area contributed by atoms with Gasteiger partial charge in [-0.1, -0.05) is 0 Å². The quantitative estimate of drug-likeness (QED) is 0.585. The summed E-state index contributed by atoms with van der Waals surface area (Å²) in [4.78, 5) is 13.2. The van der Waals surface area contributed by atoms with Gasteiger partial charge >= 0.3 is 0 Å². The van der Waals surface area contributed by atoms with Crippen molar-refractivity contribution in [2.45, 2.75) is 12.8 Å². The molecule has 2 aliphatic rings. The summed E-state index contributed by atoms with van der Waals surface area (Å²) in [6, 6.07) is 0. The summed E-state index contributed by atoms with van der Waals surface area (Å²) < 4.78 is 22.1. The number of rotatable bonds is 1. The van der Waals surface area contributed by atoms with Crippen molar-refractivity contribution < 1.29 is 13.2 Å². The number of carbonyl (C=O) groups excluding carboxylic acids is 1. The van der Waals surface area contributed by atoms with Gasteiger partial charge in [-0.05, 0) is 12.8 Å². The van der Waals surface area contributed by atoms with Crippen LogP contribution in [-0.2, 0) is 14.6 Å². The zero-order chi connectivity index (χ0) is 9.47. The summed E-state index contributed by atoms with van der Waals surface area (Å²) in [5.41, 5.74) is 0. The molecule has 5 heteroatoms. The Bertz CT molecular complexity index is 304. The van der Waals surface area contributed by atoms with Gasteiger partial charge in [-0.3, -0.25) is 4.79 Å². The van der Waals surface area contributed by atoms with Gasteiger partial charge in [0.15, 0.2) is 9.84 Å². The minimum absolute atomic E-state index is 0.144. The van der Waals surface area contributed by atoms with E-state index in [-0.39, 0.29) is 23.3 Å². The van der Waals surface area contributed by atoms with E-state index in [0.29, 0.717) is 13.1 Å². The average Bonchev–Trinajstić information content (AvgIpc) is 2.85. The van der Waals surface area contributed by atoms with Crippen LogP contribution in [0.2, 0.25) is 0 Å². The zero-order valence-corrected chi connectivity index (χ0v) is 8.22. The van der Waals surface area contributed by atoms with Crippen molar-refractivity contribution >= 4 is 15.7 Å². The van der Waals surface area contributed by atoms with Gasteiger partial charge in [-0.25, -0.2) is 8.42 Å². The van der Waals surface area contributed by atoms with Crippen molar-refractivity contribution in [1.82, 2.24) is 4.90 Å². The van der Waals surface area contributed by atoms with E-state index in [0.717, 1.165) is 12.8 Å². The van der Waals surface area contributed by atoms with Crippen LogP contribution in [0.4, 0.5) is 0 Å². The number of amides is 1. The van der Waals surface area contributed by atoms with Crippen LogP contribution >= 0.6 is 0 Å². The van der Waals surface area contributed by atoms with Crippen molar-refractivity contribution in [3.05, 3.63) is 0 Å². The number of hydrogen-bond acceptors (Lipinski definition) is 3. The minimum Gasteiger partial charge on any atom is -0.340 e. The fourth-order valence-electron chi connectivity index (χ4n) is 1.52. The lowest BCUT2D eigenvalue weighted by atomic mass is 10.3. The molecule has 0 aromatic heterocycles. The third-order valence-electron chi connectivity index (χ3n) is 2.58. The Morgan fingerprint density at radius 3 is 2.15 bits per heavy atom. The maximum atomic E-state index is 11.5. The third kappa shape index (κ3) is 2.02. The smallest absolute Gasteiger partial charge is 0.225 e. The maximum absolute atomic E-state index is 11.5. The zero-order valence-electron chi connectivity index (χ0n) is 7.40. The Hall–Kier alpha value is -0.580. The summed E-state index contributed by atoms with van der Waals surface area (Å²) in [5, 5.41) is 0. The largest absolute Gasteiger partial charge is 0.340 e. The van der Waals surface area contributed by atoms with E-state index in [9.17, 15) is 13.2 Å². The van der Waals surface area contributed by atoms with Crippen LogP contribution in [0.3, 0.4) is 0 Å². The van der Waals surface area contributed by atoms with E-state index in [1.165, 1.54) is 0 Å². The molecule has 0 atom stereocenters. The highest BCUT2D eigenvalue weighted by Crippen LogP contribution is 2.31. The number of carbonyl (C=O) groups is 1. The van der Waals surface area contributed by atoms with Gasteiger partial charge in [-0.2, -0.15) is 0 Å². The van der Waals surface area contributed by atoms with Gasteiger partial charge in [-0.15, -0.1) is 0 Å². The molecule has 0 aromatic carbocycles. The van der Waals surface area contributed by atoms with Gasteiger partial charge in [0.25, 0.3) is 0 Å². The molecule has 0 N–H and O–H groups in total. The van der Waals surface area contributed by atoms with Crippen LogP contribution in [0.1, 0.15) is 12.8 Å². The van der Waals surface area contributed by atoms with Crippen LogP contribution in [-0.4, -0.2) is 43.8 Å². The predicted octanol–water partition coefficient (Wildman–Crippen LogP) is -0.347. The third-order valence-corrected chi connectivity index (χ3v) is 4.19. The first kappa shape index (κ1) is 8.99. The fraction of sp³-hybridized carbons (Fsp3) is 0.875. The van der Waals surface area contributed by atoms with E-state index >= 15 is 0 Å². The molecule has 1 aliphatic heterocycles. The molecule has 1 heterocycles. The summed E-state index contributed by atoms with van der Waals surface area (Å²) in [6.07, 6.45) is 1.98. The molecular formula is C8H13NO3S. The second kappa shape index (κ2) is 2.97. The standard InChI is InChI=1S/C8H13NO3S/c10-8(7-1-2-7)9-3-5-13(11,12)6-4-9/h7H,1-6H2. The first-order chi connectivity index (χ1) is 6.08. The second-order valence-electron chi connectivity index (χ2n) is 3.75. The SMILES string of the molecule is O=C(C1CC1)N1CCS(=O)(=O)CC1. The molecule has 0 unspecified atom stereocenters. The molecule has 13 heavy (non-hydrogen) atoms. The molecule has 4 nitrogen and oxygen atoms in total. The fourth-order valence-corrected chi connectivity index (χ4v) is 2.72. The van der Waals surface area contributed by atoms with Crippen LogP contribution in [0, 0.1) is 5.92 Å². The first-order valence-electron chi connectivity index (χ1n) is 4.58. The number of hydrogen-bond donors (Lipinski definition) is 0. The normalized spacial score (nSPS) is 27.2. The lowest BCUT2D eigenvalue weighted by Crippen LogP contribution is -2.44. The van der Waals surface area contributed by atoms with Crippen molar-refractivity contribution in [3.63, 3.8) is 0 Å². The first-order valence-corrected chi connectivity index (χ1v) is 6.40. The van der Waals surface area contributed by atoms with Crippen LogP contribution in [0.5, 0.6) is 0 Å². The maximum Gasteiger partial charge on any atom is 0.225 e. The molecule has 0 aromatic rings. The van der Waals surface area contributed by atoms with Crippen molar-refractivity contribution in [2.75, 3.05) is 24.6 Å². The highest BCUT2D eigenvalue weighted by molar-refractivity contribution is 7.91. The molecule has 0 spiro atoms. The molecule has 0 radical (unpaired) electrons. The Kier molecular flexibility index (Phi) is 2.06. The van der Waals surface area contributed by atoms with Gasteiger partial charge in [0.1, 0.15) is 0 Å².